The molecule has 0 aliphatic rings. The molecule has 0 fully saturated rings. The fourth-order valence-electron chi connectivity index (χ4n) is 2.60. The van der Waals surface area contributed by atoms with Crippen LogP contribution < -0.4 is 10.2 Å². The van der Waals surface area contributed by atoms with Gasteiger partial charge < -0.3 is 19.5 Å². The van der Waals surface area contributed by atoms with Crippen LogP contribution in [0.5, 0.6) is 0 Å². The van der Waals surface area contributed by atoms with Crippen LogP contribution in [0.4, 0.5) is 23.7 Å². The lowest BCUT2D eigenvalue weighted by atomic mass is 10.2. The first-order valence-corrected chi connectivity index (χ1v) is 10.1. The first-order valence-electron chi connectivity index (χ1n) is 9.10. The number of amides is 1. The summed E-state index contributed by atoms with van der Waals surface area (Å²) in [5, 5.41) is 11.3. The zero-order valence-electron chi connectivity index (χ0n) is 16.5. The van der Waals surface area contributed by atoms with Gasteiger partial charge in [0, 0.05) is 43.7 Å². The molecule has 0 saturated heterocycles. The van der Waals surface area contributed by atoms with Crippen molar-refractivity contribution in [1.29, 1.82) is 0 Å². The Hall–Kier alpha value is -2.43. The van der Waals surface area contributed by atoms with E-state index in [1.165, 1.54) is 11.8 Å². The molecule has 0 spiro atoms. The molecule has 1 aromatic heterocycles. The number of thioether (sulfide) groups is 1. The highest BCUT2D eigenvalue weighted by Gasteiger charge is 2.29. The number of alkyl carbamates (subject to hydrolysis) is 1. The van der Waals surface area contributed by atoms with Gasteiger partial charge in [-0.1, -0.05) is 11.8 Å². The molecule has 1 N–H and O–H groups in total. The van der Waals surface area contributed by atoms with E-state index < -0.39 is 18.9 Å². The number of carbonyl (C=O) groups excluding carboxylic acids is 1. The van der Waals surface area contributed by atoms with Crippen molar-refractivity contribution in [2.24, 2.45) is 7.05 Å². The van der Waals surface area contributed by atoms with Gasteiger partial charge in [-0.05, 0) is 38.1 Å². The third-order valence-electron chi connectivity index (χ3n) is 4.06. The van der Waals surface area contributed by atoms with Crippen LogP contribution in [0.15, 0.2) is 29.4 Å². The number of nitrogens with one attached hydrogen (secondary N) is 1. The highest BCUT2D eigenvalue weighted by molar-refractivity contribution is 7.99. The molecular weight excluding hydrogens is 407 g/mol. The predicted octanol–water partition coefficient (Wildman–Crippen LogP) is 3.71. The summed E-state index contributed by atoms with van der Waals surface area (Å²) in [6.07, 6.45) is -5.64. The molecule has 29 heavy (non-hydrogen) atoms. The minimum absolute atomic E-state index is 0.141. The largest absolute Gasteiger partial charge is 0.440 e. The number of hydrogen-bond donors (Lipinski definition) is 1. The number of carbonyl (C=O) groups is 1. The maximum atomic E-state index is 12.0. The fourth-order valence-corrected chi connectivity index (χ4v) is 3.36. The van der Waals surface area contributed by atoms with Gasteiger partial charge in [0.05, 0.1) is 0 Å². The number of ether oxygens (including phenoxy) is 1. The maximum absolute atomic E-state index is 12.0. The molecule has 0 aliphatic carbocycles. The molecule has 160 valence electrons. The Bertz CT molecular complexity index is 792. The Morgan fingerprint density at radius 2 is 1.86 bits per heavy atom. The molecule has 11 heteroatoms. The second-order valence-corrected chi connectivity index (χ2v) is 7.11. The van der Waals surface area contributed by atoms with Crippen molar-refractivity contribution in [2.45, 2.75) is 25.2 Å². The van der Waals surface area contributed by atoms with Gasteiger partial charge in [-0.25, -0.2) is 4.79 Å². The summed E-state index contributed by atoms with van der Waals surface area (Å²) in [6.45, 7) is 4.60. The molecule has 0 unspecified atom stereocenters. The topological polar surface area (TPSA) is 72.3 Å². The standard InChI is InChI=1S/C18H24F3N5O2S/c1-4-26(5-2)14-8-6-13(7-9-14)15-23-24-16(25(15)3)29-11-10-22-17(27)28-12-18(19,20)21/h6-9H,4-5,10-12H2,1-3H3,(H,22,27). The zero-order chi connectivity index (χ0) is 21.4. The summed E-state index contributed by atoms with van der Waals surface area (Å²) >= 11 is 1.33. The highest BCUT2D eigenvalue weighted by atomic mass is 32.2. The summed E-state index contributed by atoms with van der Waals surface area (Å²) in [4.78, 5) is 13.4. The summed E-state index contributed by atoms with van der Waals surface area (Å²) in [6, 6.07) is 8.06. The van der Waals surface area contributed by atoms with Crippen LogP contribution in [-0.4, -0.2) is 59.0 Å². The van der Waals surface area contributed by atoms with Crippen LogP contribution in [0, 0.1) is 0 Å². The van der Waals surface area contributed by atoms with Crippen molar-refractivity contribution in [3.05, 3.63) is 24.3 Å². The second-order valence-electron chi connectivity index (χ2n) is 6.05. The van der Waals surface area contributed by atoms with Crippen LogP contribution in [0.25, 0.3) is 11.4 Å². The van der Waals surface area contributed by atoms with Crippen LogP contribution in [-0.2, 0) is 11.8 Å². The van der Waals surface area contributed by atoms with Gasteiger partial charge in [0.1, 0.15) is 0 Å². The molecule has 0 radical (unpaired) electrons. The van der Waals surface area contributed by atoms with Crippen molar-refractivity contribution >= 4 is 23.5 Å². The smallest absolute Gasteiger partial charge is 0.422 e. The lowest BCUT2D eigenvalue weighted by molar-refractivity contribution is -0.160. The Labute approximate surface area is 171 Å². The predicted molar refractivity (Wildman–Crippen MR) is 106 cm³/mol. The average Bonchev–Trinajstić information content (AvgIpc) is 3.05. The maximum Gasteiger partial charge on any atom is 0.422 e. The minimum atomic E-state index is -4.54. The zero-order valence-corrected chi connectivity index (χ0v) is 17.3. The van der Waals surface area contributed by atoms with Crippen molar-refractivity contribution in [2.75, 3.05) is 36.9 Å². The molecule has 2 aromatic rings. The van der Waals surface area contributed by atoms with Crippen LogP contribution in [0.2, 0.25) is 0 Å². The molecule has 7 nitrogen and oxygen atoms in total. The van der Waals surface area contributed by atoms with E-state index in [2.05, 4.69) is 39.0 Å². The number of alkyl halides is 3. The van der Waals surface area contributed by atoms with E-state index in [0.29, 0.717) is 16.7 Å². The number of rotatable bonds is 9. The van der Waals surface area contributed by atoms with Gasteiger partial charge in [-0.3, -0.25) is 0 Å². The molecule has 1 amide bonds. The lowest BCUT2D eigenvalue weighted by Gasteiger charge is -2.21. The summed E-state index contributed by atoms with van der Waals surface area (Å²) in [7, 11) is 1.83. The molecular formula is C18H24F3N5O2S. The van der Waals surface area contributed by atoms with Crippen molar-refractivity contribution in [3.63, 3.8) is 0 Å². The van der Waals surface area contributed by atoms with Gasteiger partial charge in [-0.2, -0.15) is 13.2 Å². The van der Waals surface area contributed by atoms with Crippen LogP contribution >= 0.6 is 11.8 Å². The number of halogens is 3. The first-order chi connectivity index (χ1) is 13.7. The second kappa shape index (κ2) is 10.4. The highest BCUT2D eigenvalue weighted by Crippen LogP contribution is 2.25. The molecule has 0 aliphatic heterocycles. The number of nitrogens with zero attached hydrogens (tertiary/aromatic N) is 4. The minimum Gasteiger partial charge on any atom is -0.440 e. The molecule has 1 aromatic carbocycles. The summed E-state index contributed by atoms with van der Waals surface area (Å²) < 4.78 is 41.8. The van der Waals surface area contributed by atoms with Crippen molar-refractivity contribution < 1.29 is 22.7 Å². The normalized spacial score (nSPS) is 11.4. The monoisotopic (exact) mass is 431 g/mol. The first kappa shape index (κ1) is 22.9. The van der Waals surface area contributed by atoms with Crippen LogP contribution in [0.1, 0.15) is 13.8 Å². The van der Waals surface area contributed by atoms with E-state index in [4.69, 9.17) is 0 Å². The molecule has 2 rings (SSSR count). The van der Waals surface area contributed by atoms with Crippen LogP contribution in [0.3, 0.4) is 0 Å². The van der Waals surface area contributed by atoms with Gasteiger partial charge >= 0.3 is 12.3 Å². The third-order valence-corrected chi connectivity index (χ3v) is 5.08. The van der Waals surface area contributed by atoms with E-state index in [0.717, 1.165) is 24.3 Å². The van der Waals surface area contributed by atoms with E-state index >= 15 is 0 Å². The molecule has 0 atom stereocenters. The van der Waals surface area contributed by atoms with Crippen molar-refractivity contribution in [3.8, 4) is 11.4 Å². The summed E-state index contributed by atoms with van der Waals surface area (Å²) in [5.41, 5.74) is 2.07. The van der Waals surface area contributed by atoms with Gasteiger partial charge in [0.15, 0.2) is 17.6 Å². The SMILES string of the molecule is CCN(CC)c1ccc(-c2nnc(SCCNC(=O)OCC(F)(F)F)n2C)cc1. The molecule has 0 bridgehead atoms. The quantitative estimate of drug-likeness (QED) is 0.482. The molecule has 0 saturated carbocycles. The Balaban J connectivity index is 1.87. The van der Waals surface area contributed by atoms with Crippen molar-refractivity contribution in [1.82, 2.24) is 20.1 Å². The number of benzene rings is 1. The van der Waals surface area contributed by atoms with E-state index in [9.17, 15) is 18.0 Å². The number of anilines is 1. The van der Waals surface area contributed by atoms with Gasteiger partial charge in [0.25, 0.3) is 0 Å². The Kier molecular flexibility index (Phi) is 8.18. The Morgan fingerprint density at radius 3 is 2.45 bits per heavy atom. The van der Waals surface area contributed by atoms with Gasteiger partial charge in [0.2, 0.25) is 0 Å². The molecule has 1 heterocycles. The number of hydrogen-bond acceptors (Lipinski definition) is 6. The fraction of sp³-hybridized carbons (Fsp3) is 0.500. The van der Waals surface area contributed by atoms with E-state index in [-0.39, 0.29) is 6.54 Å². The Morgan fingerprint density at radius 1 is 1.21 bits per heavy atom. The average molecular weight is 431 g/mol. The van der Waals surface area contributed by atoms with E-state index in [1.54, 1.807) is 0 Å². The lowest BCUT2D eigenvalue weighted by Crippen LogP contribution is -2.30. The number of aromatic nitrogens is 3. The third kappa shape index (κ3) is 6.84. The summed E-state index contributed by atoms with van der Waals surface area (Å²) in [5.74, 6) is 1.12. The van der Waals surface area contributed by atoms with E-state index in [1.807, 2.05) is 35.9 Å². The van der Waals surface area contributed by atoms with Gasteiger partial charge in [-0.15, -0.1) is 10.2 Å².